The van der Waals surface area contributed by atoms with Crippen molar-refractivity contribution in [2.24, 2.45) is 12.0 Å². The molecule has 1 aromatic heterocycles. The highest BCUT2D eigenvalue weighted by molar-refractivity contribution is 14.0. The van der Waals surface area contributed by atoms with Crippen molar-refractivity contribution in [2.45, 2.75) is 19.6 Å². The number of ether oxygens (including phenoxy) is 1. The van der Waals surface area contributed by atoms with Crippen molar-refractivity contribution in [3.05, 3.63) is 52.0 Å². The number of halogens is 4. The van der Waals surface area contributed by atoms with Crippen LogP contribution in [0, 0.1) is 5.82 Å². The lowest BCUT2D eigenvalue weighted by molar-refractivity contribution is 0.110. The topological polar surface area (TPSA) is 70.8 Å². The van der Waals surface area contributed by atoms with Gasteiger partial charge in [0, 0.05) is 25.8 Å². The van der Waals surface area contributed by atoms with Crippen molar-refractivity contribution in [2.75, 3.05) is 19.7 Å². The second kappa shape index (κ2) is 12.4. The molecule has 0 saturated carbocycles. The van der Waals surface area contributed by atoms with Crippen LogP contribution < -0.4 is 15.4 Å². The number of nitrogens with zero attached hydrogens (tertiary/aromatic N) is 2. The van der Waals surface area contributed by atoms with Gasteiger partial charge in [-0.05, 0) is 37.3 Å². The van der Waals surface area contributed by atoms with Gasteiger partial charge in [0.15, 0.2) is 5.96 Å². The van der Waals surface area contributed by atoms with Gasteiger partial charge in [-0.15, -0.1) is 24.0 Å². The molecule has 28 heavy (non-hydrogen) atoms. The monoisotopic (exact) mass is 544 g/mol. The van der Waals surface area contributed by atoms with Gasteiger partial charge in [0.2, 0.25) is 0 Å². The molecule has 2 aromatic rings. The lowest BCUT2D eigenvalue weighted by atomic mass is 10.3. The van der Waals surface area contributed by atoms with Gasteiger partial charge in [0.05, 0.1) is 11.6 Å². The Kier molecular flexibility index (Phi) is 10.9. The zero-order valence-corrected chi connectivity index (χ0v) is 19.4. The second-order valence-corrected chi connectivity index (χ2v) is 6.59. The van der Waals surface area contributed by atoms with E-state index in [1.54, 1.807) is 10.6 Å². The zero-order chi connectivity index (χ0) is 19.8. The number of aliphatic imine (C=N–C) groups is 1. The summed E-state index contributed by atoms with van der Waals surface area (Å²) in [5.74, 6) is 0.706. The minimum Gasteiger partial charge on any atom is -0.491 e. The third-order valence-electron chi connectivity index (χ3n) is 3.72. The van der Waals surface area contributed by atoms with E-state index in [0.29, 0.717) is 35.0 Å². The molecular formula is C18H24Cl2FIN4O2. The maximum Gasteiger partial charge on any atom is 0.191 e. The Balaban J connectivity index is 0.00000392. The highest BCUT2D eigenvalue weighted by atomic mass is 127. The number of aliphatic hydroxyl groups excluding tert-OH is 1. The van der Waals surface area contributed by atoms with Crippen LogP contribution in [0.3, 0.4) is 0 Å². The molecule has 1 aromatic carbocycles. The highest BCUT2D eigenvalue weighted by Crippen LogP contribution is 2.25. The summed E-state index contributed by atoms with van der Waals surface area (Å²) < 4.78 is 20.1. The van der Waals surface area contributed by atoms with E-state index in [4.69, 9.17) is 27.9 Å². The fourth-order valence-electron chi connectivity index (χ4n) is 2.24. The number of aliphatic hydroxyl groups is 1. The van der Waals surface area contributed by atoms with Gasteiger partial charge in [-0.3, -0.25) is 0 Å². The number of hydrogen-bond donors (Lipinski definition) is 3. The summed E-state index contributed by atoms with van der Waals surface area (Å²) in [4.78, 5) is 4.46. The minimum absolute atomic E-state index is 0. The number of nitrogens with one attached hydrogen (secondary N) is 2. The van der Waals surface area contributed by atoms with E-state index in [1.807, 2.05) is 14.0 Å². The smallest absolute Gasteiger partial charge is 0.191 e. The van der Waals surface area contributed by atoms with Crippen LogP contribution in [0.15, 0.2) is 35.3 Å². The van der Waals surface area contributed by atoms with Crippen molar-refractivity contribution in [1.29, 1.82) is 0 Å². The molecule has 156 valence electrons. The first-order chi connectivity index (χ1) is 12.9. The predicted octanol–water partition coefficient (Wildman–Crippen LogP) is 3.58. The largest absolute Gasteiger partial charge is 0.491 e. The van der Waals surface area contributed by atoms with Crippen LogP contribution in [0.4, 0.5) is 4.39 Å². The molecule has 0 saturated heterocycles. The summed E-state index contributed by atoms with van der Waals surface area (Å²) in [6.07, 6.45) is -0.766. The Labute approximate surface area is 191 Å². The predicted molar refractivity (Wildman–Crippen MR) is 122 cm³/mol. The van der Waals surface area contributed by atoms with E-state index >= 15 is 0 Å². The third-order valence-corrected chi connectivity index (χ3v) is 4.56. The van der Waals surface area contributed by atoms with Crippen LogP contribution in [0.2, 0.25) is 10.2 Å². The van der Waals surface area contributed by atoms with Crippen LogP contribution in [0.25, 0.3) is 0 Å². The first-order valence-corrected chi connectivity index (χ1v) is 9.24. The maximum absolute atomic E-state index is 12.9. The fourth-order valence-corrected chi connectivity index (χ4v) is 2.65. The standard InChI is InChI=1S/C18H23Cl2FN4O2.HI/c1-3-22-18(23-9-13-8-16(19)17(20)25(13)2)24-10-14(26)11-27-15-6-4-12(21)5-7-15;/h4-8,14,26H,3,9-11H2,1-2H3,(H2,22,23,24);1H. The molecule has 1 atom stereocenters. The van der Waals surface area contributed by atoms with Crippen LogP contribution >= 0.6 is 47.2 Å². The number of aromatic nitrogens is 1. The van der Waals surface area contributed by atoms with Gasteiger partial charge in [-0.25, -0.2) is 9.38 Å². The number of hydrogen-bond acceptors (Lipinski definition) is 3. The first kappa shape index (κ1) is 24.8. The van der Waals surface area contributed by atoms with Gasteiger partial charge in [-0.2, -0.15) is 0 Å². The molecule has 0 radical (unpaired) electrons. The molecule has 3 N–H and O–H groups in total. The molecule has 0 fully saturated rings. The lowest BCUT2D eigenvalue weighted by Crippen LogP contribution is -2.42. The Morgan fingerprint density at radius 1 is 1.29 bits per heavy atom. The van der Waals surface area contributed by atoms with E-state index < -0.39 is 6.10 Å². The Hall–Kier alpha value is -1.23. The molecule has 0 amide bonds. The average molecular weight is 545 g/mol. The van der Waals surface area contributed by atoms with Crippen molar-refractivity contribution >= 4 is 53.1 Å². The summed E-state index contributed by atoms with van der Waals surface area (Å²) in [7, 11) is 1.82. The summed E-state index contributed by atoms with van der Waals surface area (Å²) >= 11 is 12.1. The van der Waals surface area contributed by atoms with Gasteiger partial charge >= 0.3 is 0 Å². The van der Waals surface area contributed by atoms with Crippen LogP contribution in [0.1, 0.15) is 12.6 Å². The van der Waals surface area contributed by atoms with Crippen molar-refractivity contribution in [3.63, 3.8) is 0 Å². The molecule has 1 heterocycles. The van der Waals surface area contributed by atoms with Crippen LogP contribution in [-0.4, -0.2) is 41.4 Å². The molecule has 1 unspecified atom stereocenters. The summed E-state index contributed by atoms with van der Waals surface area (Å²) in [6, 6.07) is 7.40. The summed E-state index contributed by atoms with van der Waals surface area (Å²) in [6.45, 7) is 3.30. The normalized spacial score (nSPS) is 12.3. The Bertz CT molecular complexity index is 772. The third kappa shape index (κ3) is 7.65. The Morgan fingerprint density at radius 3 is 2.54 bits per heavy atom. The number of rotatable bonds is 8. The molecule has 2 rings (SSSR count). The quantitative estimate of drug-likeness (QED) is 0.270. The van der Waals surface area contributed by atoms with E-state index in [-0.39, 0.29) is 42.9 Å². The van der Waals surface area contributed by atoms with Crippen molar-refractivity contribution < 1.29 is 14.2 Å². The summed E-state index contributed by atoms with van der Waals surface area (Å²) in [5.41, 5.74) is 0.863. The molecule has 6 nitrogen and oxygen atoms in total. The van der Waals surface area contributed by atoms with Crippen molar-refractivity contribution in [3.8, 4) is 5.75 Å². The minimum atomic E-state index is -0.766. The Morgan fingerprint density at radius 2 is 1.96 bits per heavy atom. The molecule has 0 bridgehead atoms. The average Bonchev–Trinajstić information content (AvgIpc) is 2.90. The molecule has 0 aliphatic rings. The van der Waals surface area contributed by atoms with Crippen molar-refractivity contribution in [1.82, 2.24) is 15.2 Å². The van der Waals surface area contributed by atoms with E-state index in [0.717, 1.165) is 5.69 Å². The molecule has 0 aliphatic carbocycles. The van der Waals surface area contributed by atoms with Gasteiger partial charge in [0.1, 0.15) is 29.4 Å². The molecule has 10 heteroatoms. The first-order valence-electron chi connectivity index (χ1n) is 8.49. The highest BCUT2D eigenvalue weighted by Gasteiger charge is 2.10. The number of benzene rings is 1. The van der Waals surface area contributed by atoms with Gasteiger partial charge in [-0.1, -0.05) is 23.2 Å². The lowest BCUT2D eigenvalue weighted by Gasteiger charge is -2.16. The van der Waals surface area contributed by atoms with Crippen LogP contribution in [-0.2, 0) is 13.6 Å². The zero-order valence-electron chi connectivity index (χ0n) is 15.6. The SMILES string of the molecule is CCNC(=NCc1cc(Cl)c(Cl)n1C)NCC(O)COc1ccc(F)cc1.I. The van der Waals surface area contributed by atoms with Gasteiger partial charge < -0.3 is 25.0 Å². The van der Waals surface area contributed by atoms with Crippen LogP contribution in [0.5, 0.6) is 5.75 Å². The second-order valence-electron chi connectivity index (χ2n) is 5.83. The van der Waals surface area contributed by atoms with E-state index in [9.17, 15) is 9.50 Å². The molecular weight excluding hydrogens is 521 g/mol. The van der Waals surface area contributed by atoms with Gasteiger partial charge in [0.25, 0.3) is 0 Å². The van der Waals surface area contributed by atoms with E-state index in [1.165, 1.54) is 24.3 Å². The summed E-state index contributed by atoms with van der Waals surface area (Å²) in [5, 5.41) is 17.2. The van der Waals surface area contributed by atoms with E-state index in [2.05, 4.69) is 15.6 Å². The molecule has 0 spiro atoms. The maximum atomic E-state index is 12.9. The fraction of sp³-hybridized carbons (Fsp3) is 0.389. The number of guanidine groups is 1. The molecule has 0 aliphatic heterocycles.